The van der Waals surface area contributed by atoms with E-state index >= 15 is 0 Å². The van der Waals surface area contributed by atoms with Gasteiger partial charge in [-0.1, -0.05) is 62.8 Å². The molecule has 0 amide bonds. The predicted molar refractivity (Wildman–Crippen MR) is 172 cm³/mol. The summed E-state index contributed by atoms with van der Waals surface area (Å²) < 4.78 is 36.4. The second kappa shape index (κ2) is 13.8. The van der Waals surface area contributed by atoms with Gasteiger partial charge >= 0.3 is 14.2 Å². The summed E-state index contributed by atoms with van der Waals surface area (Å²) in [5.74, 6) is 1.80. The van der Waals surface area contributed by atoms with E-state index in [1.165, 1.54) is 38.5 Å². The maximum atomic E-state index is 6.13. The summed E-state index contributed by atoms with van der Waals surface area (Å²) >= 11 is 0. The smallest absolute Gasteiger partial charge is 0.494 e. The van der Waals surface area contributed by atoms with Gasteiger partial charge in [0, 0.05) is 0 Å². The van der Waals surface area contributed by atoms with Gasteiger partial charge in [0.05, 0.1) is 35.6 Å². The normalized spacial score (nSPS) is 20.2. The van der Waals surface area contributed by atoms with Crippen LogP contribution in [0.3, 0.4) is 0 Å². The molecule has 0 spiro atoms. The van der Waals surface area contributed by atoms with Crippen LogP contribution >= 0.6 is 0 Å². The molecule has 0 aromatic heterocycles. The van der Waals surface area contributed by atoms with Crippen molar-refractivity contribution in [3.63, 3.8) is 0 Å². The molecule has 0 saturated carbocycles. The number of unbranched alkanes of at least 4 members (excludes halogenated alkanes) is 7. The summed E-state index contributed by atoms with van der Waals surface area (Å²) in [6.07, 6.45) is 9.66. The summed E-state index contributed by atoms with van der Waals surface area (Å²) in [6, 6.07) is 16.2. The summed E-state index contributed by atoms with van der Waals surface area (Å²) in [4.78, 5) is 0. The molecule has 2 aromatic carbocycles. The first-order valence-electron chi connectivity index (χ1n) is 16.0. The maximum absolute atomic E-state index is 6.13. The second-order valence-electron chi connectivity index (χ2n) is 13.8. The third-order valence-electron chi connectivity index (χ3n) is 9.39. The van der Waals surface area contributed by atoms with Crippen molar-refractivity contribution >= 4 is 25.2 Å². The molecule has 2 fully saturated rings. The number of ether oxygens (including phenoxy) is 2. The van der Waals surface area contributed by atoms with Gasteiger partial charge in [0.25, 0.3) is 0 Å². The molecule has 0 N–H and O–H groups in total. The van der Waals surface area contributed by atoms with E-state index in [0.29, 0.717) is 0 Å². The molecule has 0 atom stereocenters. The Morgan fingerprint density at radius 3 is 0.976 bits per heavy atom. The van der Waals surface area contributed by atoms with Gasteiger partial charge in [-0.25, -0.2) is 0 Å². The van der Waals surface area contributed by atoms with Gasteiger partial charge in [-0.2, -0.15) is 0 Å². The van der Waals surface area contributed by atoms with Crippen LogP contribution < -0.4 is 20.4 Å². The molecule has 0 unspecified atom stereocenters. The van der Waals surface area contributed by atoms with E-state index < -0.39 is 0 Å². The van der Waals surface area contributed by atoms with Crippen LogP contribution in [0.25, 0.3) is 0 Å². The lowest BCUT2D eigenvalue weighted by molar-refractivity contribution is 0.00578. The summed E-state index contributed by atoms with van der Waals surface area (Å²) in [7, 11) is -0.661. The molecule has 42 heavy (non-hydrogen) atoms. The van der Waals surface area contributed by atoms with Gasteiger partial charge in [0.2, 0.25) is 0 Å². The second-order valence-corrected chi connectivity index (χ2v) is 13.8. The van der Waals surface area contributed by atoms with E-state index in [1.54, 1.807) is 0 Å². The molecule has 2 aliphatic heterocycles. The fraction of sp³-hybridized carbons (Fsp3) is 0.647. The molecule has 230 valence electrons. The van der Waals surface area contributed by atoms with Crippen molar-refractivity contribution in [1.82, 2.24) is 0 Å². The van der Waals surface area contributed by atoms with Gasteiger partial charge in [0.15, 0.2) is 0 Å². The van der Waals surface area contributed by atoms with Gasteiger partial charge in [-0.3, -0.25) is 0 Å². The monoisotopic (exact) mass is 578 g/mol. The largest absolute Gasteiger partial charge is 0.494 e. The maximum Gasteiger partial charge on any atom is 0.494 e. The Bertz CT molecular complexity index is 992. The van der Waals surface area contributed by atoms with Gasteiger partial charge in [-0.05, 0) is 103 Å². The zero-order valence-corrected chi connectivity index (χ0v) is 27.3. The first kappa shape index (κ1) is 32.9. The average Bonchev–Trinajstić information content (AvgIpc) is 3.29. The Hall–Kier alpha value is -1.99. The molecular formula is C34H52B2O6. The average molecular weight is 578 g/mol. The first-order valence-corrected chi connectivity index (χ1v) is 16.0. The Labute approximate surface area is 255 Å². The molecule has 0 bridgehead atoms. The van der Waals surface area contributed by atoms with Gasteiger partial charge < -0.3 is 28.1 Å². The Balaban J connectivity index is 0.986. The minimum absolute atomic E-state index is 0.327. The molecular weight excluding hydrogens is 526 g/mol. The molecule has 0 radical (unpaired) electrons. The third kappa shape index (κ3) is 8.34. The number of hydrogen-bond acceptors (Lipinski definition) is 6. The van der Waals surface area contributed by atoms with E-state index in [0.717, 1.165) is 48.5 Å². The van der Waals surface area contributed by atoms with Crippen molar-refractivity contribution in [3.8, 4) is 11.5 Å². The van der Waals surface area contributed by atoms with E-state index in [1.807, 2.05) is 48.5 Å². The van der Waals surface area contributed by atoms with Crippen LogP contribution in [0.2, 0.25) is 0 Å². The third-order valence-corrected chi connectivity index (χ3v) is 9.39. The van der Waals surface area contributed by atoms with Crippen LogP contribution in [0.5, 0.6) is 11.5 Å². The fourth-order valence-electron chi connectivity index (χ4n) is 5.05. The quantitative estimate of drug-likeness (QED) is 0.170. The Morgan fingerprint density at radius 1 is 0.429 bits per heavy atom. The minimum Gasteiger partial charge on any atom is -0.494 e. The lowest BCUT2D eigenvalue weighted by Crippen LogP contribution is -2.41. The number of benzene rings is 2. The van der Waals surface area contributed by atoms with Crippen molar-refractivity contribution in [2.75, 3.05) is 13.2 Å². The lowest BCUT2D eigenvalue weighted by Gasteiger charge is -2.32. The van der Waals surface area contributed by atoms with E-state index in [4.69, 9.17) is 28.1 Å². The molecule has 2 heterocycles. The highest BCUT2D eigenvalue weighted by Crippen LogP contribution is 2.37. The summed E-state index contributed by atoms with van der Waals surface area (Å²) in [5, 5.41) is 0. The SMILES string of the molecule is CC1(C)OB(c2ccc(OCCCCCCCCCCOc3ccc(B4OC(C)(C)C(C)(C)O4)cc3)cc2)OC1(C)C. The summed E-state index contributed by atoms with van der Waals surface area (Å²) in [5.41, 5.74) is 0.749. The zero-order valence-electron chi connectivity index (χ0n) is 27.3. The van der Waals surface area contributed by atoms with Gasteiger partial charge in [0.1, 0.15) is 11.5 Å². The fourth-order valence-corrected chi connectivity index (χ4v) is 5.05. The van der Waals surface area contributed by atoms with Crippen molar-refractivity contribution in [2.45, 2.75) is 129 Å². The van der Waals surface area contributed by atoms with E-state index in [-0.39, 0.29) is 36.6 Å². The van der Waals surface area contributed by atoms with Crippen LogP contribution in [0, 0.1) is 0 Å². The van der Waals surface area contributed by atoms with Crippen molar-refractivity contribution < 1.29 is 28.1 Å². The highest BCUT2D eigenvalue weighted by Gasteiger charge is 2.52. The molecule has 6 nitrogen and oxygen atoms in total. The molecule has 8 heteroatoms. The summed E-state index contributed by atoms with van der Waals surface area (Å²) in [6.45, 7) is 18.1. The highest BCUT2D eigenvalue weighted by molar-refractivity contribution is 6.62. The molecule has 2 aliphatic rings. The predicted octanol–water partition coefficient (Wildman–Crippen LogP) is 6.86. The van der Waals surface area contributed by atoms with Crippen molar-refractivity contribution in [3.05, 3.63) is 48.5 Å². The lowest BCUT2D eigenvalue weighted by atomic mass is 9.79. The highest BCUT2D eigenvalue weighted by atomic mass is 16.7. The molecule has 0 aliphatic carbocycles. The minimum atomic E-state index is -0.330. The topological polar surface area (TPSA) is 55.4 Å². The van der Waals surface area contributed by atoms with Crippen molar-refractivity contribution in [1.29, 1.82) is 0 Å². The molecule has 4 rings (SSSR count). The number of hydrogen-bond donors (Lipinski definition) is 0. The zero-order chi connectivity index (χ0) is 30.4. The van der Waals surface area contributed by atoms with Crippen LogP contribution in [0.4, 0.5) is 0 Å². The Morgan fingerprint density at radius 2 is 0.690 bits per heavy atom. The van der Waals surface area contributed by atoms with Crippen LogP contribution in [0.15, 0.2) is 48.5 Å². The van der Waals surface area contributed by atoms with E-state index in [9.17, 15) is 0 Å². The number of rotatable bonds is 15. The van der Waals surface area contributed by atoms with Gasteiger partial charge in [-0.15, -0.1) is 0 Å². The van der Waals surface area contributed by atoms with E-state index in [2.05, 4.69) is 55.4 Å². The van der Waals surface area contributed by atoms with Crippen molar-refractivity contribution in [2.24, 2.45) is 0 Å². The van der Waals surface area contributed by atoms with Crippen LogP contribution in [0.1, 0.15) is 107 Å². The van der Waals surface area contributed by atoms with Crippen LogP contribution in [-0.4, -0.2) is 49.9 Å². The standard InChI is InChI=1S/C34H52B2O6/c1-31(2)32(3,4)40-35(39-31)27-17-21-29(22-18-27)37-25-15-13-11-9-10-12-14-16-26-38-30-23-19-28(20-24-30)36-41-33(5,6)34(7,8)42-36/h17-24H,9-16,25-26H2,1-8H3. The van der Waals surface area contributed by atoms with Crippen LogP contribution in [-0.2, 0) is 18.6 Å². The molecule has 2 saturated heterocycles. The first-order chi connectivity index (χ1) is 19.8. The molecule has 2 aromatic rings. The Kier molecular flexibility index (Phi) is 10.8.